The van der Waals surface area contributed by atoms with E-state index in [2.05, 4.69) is 35.2 Å². The van der Waals surface area contributed by atoms with Crippen molar-refractivity contribution in [3.05, 3.63) is 102 Å². The van der Waals surface area contributed by atoms with Crippen molar-refractivity contribution in [1.29, 1.82) is 0 Å². The molecule has 0 spiro atoms. The molecule has 0 fully saturated rings. The highest BCUT2D eigenvalue weighted by atomic mass is 16.5. The highest BCUT2D eigenvalue weighted by Crippen LogP contribution is 2.21. The van der Waals surface area contributed by atoms with Crippen LogP contribution in [0.15, 0.2) is 89.5 Å². The number of rotatable bonds is 10. The lowest BCUT2D eigenvalue weighted by atomic mass is 10.0. The Bertz CT molecular complexity index is 1160. The lowest BCUT2D eigenvalue weighted by Crippen LogP contribution is -2.35. The van der Waals surface area contributed by atoms with Crippen molar-refractivity contribution in [2.24, 2.45) is 0 Å². The summed E-state index contributed by atoms with van der Waals surface area (Å²) in [4.78, 5) is 13.7. The van der Waals surface area contributed by atoms with E-state index in [0.717, 1.165) is 5.76 Å². The van der Waals surface area contributed by atoms with Crippen LogP contribution in [-0.2, 0) is 13.1 Å². The predicted octanol–water partition coefficient (Wildman–Crippen LogP) is 5.08. The Balaban J connectivity index is 1.45. The Morgan fingerprint density at radius 3 is 2.62 bits per heavy atom. The van der Waals surface area contributed by atoms with E-state index >= 15 is 0 Å². The molecule has 0 amide bonds. The van der Waals surface area contributed by atoms with E-state index < -0.39 is 6.10 Å². The van der Waals surface area contributed by atoms with Crippen LogP contribution in [0.4, 0.5) is 0 Å². The minimum absolute atomic E-state index is 0.0179. The van der Waals surface area contributed by atoms with Gasteiger partial charge in [-0.3, -0.25) is 9.69 Å². The van der Waals surface area contributed by atoms with Gasteiger partial charge in [-0.1, -0.05) is 54.6 Å². The standard InChI is InChI=1S/C27H27NO4/c1-20(29)22-9-5-11-25(15-22)32-19-24(30)17-28(18-26-12-6-14-31-26)16-23-10-4-8-21-7-2-3-13-27(21)23/h2-15,24,30H,16-19H2,1H3. The third-order valence-electron chi connectivity index (χ3n) is 5.39. The molecule has 1 aromatic heterocycles. The molecule has 0 aliphatic carbocycles. The van der Waals surface area contributed by atoms with Crippen LogP contribution in [0.5, 0.6) is 5.75 Å². The first kappa shape index (κ1) is 21.8. The number of hydrogen-bond donors (Lipinski definition) is 1. The van der Waals surface area contributed by atoms with E-state index in [9.17, 15) is 9.90 Å². The molecule has 164 valence electrons. The Labute approximate surface area is 187 Å². The first-order valence-electron chi connectivity index (χ1n) is 10.7. The Morgan fingerprint density at radius 1 is 1.00 bits per heavy atom. The van der Waals surface area contributed by atoms with Crippen LogP contribution in [-0.4, -0.2) is 35.0 Å². The number of ether oxygens (including phenoxy) is 1. The van der Waals surface area contributed by atoms with E-state index in [1.165, 1.54) is 23.3 Å². The number of aliphatic hydroxyl groups is 1. The second kappa shape index (κ2) is 10.3. The molecule has 5 heteroatoms. The number of benzene rings is 3. The molecule has 1 unspecified atom stereocenters. The van der Waals surface area contributed by atoms with Gasteiger partial charge < -0.3 is 14.3 Å². The van der Waals surface area contributed by atoms with Crippen LogP contribution < -0.4 is 4.74 Å². The molecule has 1 heterocycles. The van der Waals surface area contributed by atoms with Crippen LogP contribution >= 0.6 is 0 Å². The molecule has 0 radical (unpaired) electrons. The zero-order valence-electron chi connectivity index (χ0n) is 18.1. The molecule has 1 atom stereocenters. The first-order chi connectivity index (χ1) is 15.6. The number of fused-ring (bicyclic) bond motifs is 1. The van der Waals surface area contributed by atoms with Gasteiger partial charge in [0.1, 0.15) is 24.2 Å². The van der Waals surface area contributed by atoms with Crippen molar-refractivity contribution in [3.8, 4) is 5.75 Å². The third kappa shape index (κ3) is 5.63. The monoisotopic (exact) mass is 429 g/mol. The van der Waals surface area contributed by atoms with E-state index in [0.29, 0.717) is 30.9 Å². The molecule has 32 heavy (non-hydrogen) atoms. The molecule has 3 aromatic carbocycles. The Morgan fingerprint density at radius 2 is 1.81 bits per heavy atom. The molecular weight excluding hydrogens is 402 g/mol. The summed E-state index contributed by atoms with van der Waals surface area (Å²) in [6.07, 6.45) is 0.952. The van der Waals surface area contributed by atoms with E-state index in [1.807, 2.05) is 24.3 Å². The number of furan rings is 1. The summed E-state index contributed by atoms with van der Waals surface area (Å²) in [5.74, 6) is 1.40. The summed E-state index contributed by atoms with van der Waals surface area (Å²) in [5.41, 5.74) is 1.78. The Kier molecular flexibility index (Phi) is 7.00. The highest BCUT2D eigenvalue weighted by Gasteiger charge is 2.16. The maximum atomic E-state index is 11.6. The number of hydrogen-bond acceptors (Lipinski definition) is 5. The predicted molar refractivity (Wildman–Crippen MR) is 125 cm³/mol. The molecule has 0 saturated heterocycles. The maximum absolute atomic E-state index is 11.6. The van der Waals surface area contributed by atoms with E-state index in [-0.39, 0.29) is 12.4 Å². The van der Waals surface area contributed by atoms with E-state index in [1.54, 1.807) is 30.5 Å². The van der Waals surface area contributed by atoms with Crippen LogP contribution in [0.1, 0.15) is 28.6 Å². The quantitative estimate of drug-likeness (QED) is 0.356. The summed E-state index contributed by atoms with van der Waals surface area (Å²) >= 11 is 0. The molecule has 0 aliphatic rings. The lowest BCUT2D eigenvalue weighted by molar-refractivity contribution is 0.0606. The van der Waals surface area contributed by atoms with Gasteiger partial charge in [0.15, 0.2) is 5.78 Å². The lowest BCUT2D eigenvalue weighted by Gasteiger charge is -2.25. The van der Waals surface area contributed by atoms with E-state index in [4.69, 9.17) is 9.15 Å². The zero-order chi connectivity index (χ0) is 22.3. The van der Waals surface area contributed by atoms with Gasteiger partial charge in [-0.05, 0) is 47.5 Å². The summed E-state index contributed by atoms with van der Waals surface area (Å²) in [6, 6.07) is 25.4. The summed E-state index contributed by atoms with van der Waals surface area (Å²) < 4.78 is 11.3. The fraction of sp³-hybridized carbons (Fsp3) is 0.222. The van der Waals surface area contributed by atoms with Gasteiger partial charge >= 0.3 is 0 Å². The number of ketones is 1. The minimum Gasteiger partial charge on any atom is -0.491 e. The molecule has 0 saturated carbocycles. The molecular formula is C27H27NO4. The van der Waals surface area contributed by atoms with Crippen molar-refractivity contribution in [3.63, 3.8) is 0 Å². The summed E-state index contributed by atoms with van der Waals surface area (Å²) in [5, 5.41) is 13.1. The molecule has 4 rings (SSSR count). The van der Waals surface area contributed by atoms with Gasteiger partial charge in [0, 0.05) is 18.7 Å². The fourth-order valence-electron chi connectivity index (χ4n) is 3.83. The van der Waals surface area contributed by atoms with Gasteiger partial charge in [-0.25, -0.2) is 0 Å². The first-order valence-corrected chi connectivity index (χ1v) is 10.7. The highest BCUT2D eigenvalue weighted by molar-refractivity contribution is 5.94. The van der Waals surface area contributed by atoms with Crippen LogP contribution in [0.2, 0.25) is 0 Å². The Hall–Kier alpha value is -3.41. The van der Waals surface area contributed by atoms with Crippen molar-refractivity contribution in [2.75, 3.05) is 13.2 Å². The summed E-state index contributed by atoms with van der Waals surface area (Å²) in [6.45, 7) is 3.31. The number of carbonyl (C=O) groups is 1. The fourth-order valence-corrected chi connectivity index (χ4v) is 3.83. The maximum Gasteiger partial charge on any atom is 0.159 e. The SMILES string of the molecule is CC(=O)c1cccc(OCC(O)CN(Cc2ccco2)Cc2cccc3ccccc23)c1. The smallest absolute Gasteiger partial charge is 0.159 e. The molecule has 1 N–H and O–H groups in total. The van der Waals surface area contributed by atoms with Crippen LogP contribution in [0.3, 0.4) is 0 Å². The van der Waals surface area contributed by atoms with Crippen LogP contribution in [0.25, 0.3) is 10.8 Å². The molecule has 0 bridgehead atoms. The number of aliphatic hydroxyl groups excluding tert-OH is 1. The second-order valence-electron chi connectivity index (χ2n) is 7.94. The van der Waals surface area contributed by atoms with Crippen molar-refractivity contribution in [1.82, 2.24) is 4.90 Å². The van der Waals surface area contributed by atoms with Crippen LogP contribution in [0, 0.1) is 0 Å². The summed E-state index contributed by atoms with van der Waals surface area (Å²) in [7, 11) is 0. The van der Waals surface area contributed by atoms with Gasteiger partial charge in [-0.2, -0.15) is 0 Å². The minimum atomic E-state index is -0.707. The second-order valence-corrected chi connectivity index (χ2v) is 7.94. The zero-order valence-corrected chi connectivity index (χ0v) is 18.1. The molecule has 4 aromatic rings. The van der Waals surface area contributed by atoms with Crippen molar-refractivity contribution < 1.29 is 19.1 Å². The third-order valence-corrected chi connectivity index (χ3v) is 5.39. The molecule has 0 aliphatic heterocycles. The van der Waals surface area contributed by atoms with Gasteiger partial charge in [-0.15, -0.1) is 0 Å². The van der Waals surface area contributed by atoms with Gasteiger partial charge in [0.05, 0.1) is 12.8 Å². The normalized spacial score (nSPS) is 12.2. The van der Waals surface area contributed by atoms with Gasteiger partial charge in [0.25, 0.3) is 0 Å². The molecule has 5 nitrogen and oxygen atoms in total. The average molecular weight is 430 g/mol. The number of Topliss-reactive ketones (excluding diaryl/α,β-unsaturated/α-hetero) is 1. The topological polar surface area (TPSA) is 62.9 Å². The number of nitrogens with zero attached hydrogens (tertiary/aromatic N) is 1. The van der Waals surface area contributed by atoms with Crippen molar-refractivity contribution in [2.45, 2.75) is 26.1 Å². The number of carbonyl (C=O) groups excluding carboxylic acids is 1. The van der Waals surface area contributed by atoms with Gasteiger partial charge in [0.2, 0.25) is 0 Å². The average Bonchev–Trinajstić information content (AvgIpc) is 3.31. The largest absolute Gasteiger partial charge is 0.491 e. The van der Waals surface area contributed by atoms with Crippen molar-refractivity contribution >= 4 is 16.6 Å².